The van der Waals surface area contributed by atoms with Crippen molar-refractivity contribution < 1.29 is 23.9 Å². The van der Waals surface area contributed by atoms with Crippen LogP contribution in [0, 0.1) is 16.7 Å². The number of ketones is 1. The summed E-state index contributed by atoms with van der Waals surface area (Å²) in [7, 11) is 1.19. The molecule has 1 rings (SSSR count). The molecule has 0 aliphatic heterocycles. The van der Waals surface area contributed by atoms with Crippen molar-refractivity contribution in [2.45, 2.75) is 33.1 Å². The highest BCUT2D eigenvalue weighted by atomic mass is 16.5. The number of hydrogen-bond acceptors (Lipinski definition) is 6. The van der Waals surface area contributed by atoms with Gasteiger partial charge < -0.3 is 9.47 Å². The molecule has 0 radical (unpaired) electrons. The molecule has 118 valence electrons. The zero-order chi connectivity index (χ0) is 16.9. The van der Waals surface area contributed by atoms with Gasteiger partial charge in [0, 0.05) is 13.3 Å². The van der Waals surface area contributed by atoms with Crippen molar-refractivity contribution in [3.8, 4) is 6.07 Å². The number of carbonyl (C=O) groups is 3. The molecule has 0 saturated heterocycles. The van der Waals surface area contributed by atoms with E-state index in [0.29, 0.717) is 17.6 Å². The number of Topliss-reactive ketones (excluding diaryl/α,β-unsaturated/α-hetero) is 1. The fraction of sp³-hybridized carbons (Fsp3) is 0.500. The first-order valence-electron chi connectivity index (χ1n) is 6.81. The number of nitrogens with zero attached hydrogens (tertiary/aromatic N) is 1. The Labute approximate surface area is 129 Å². The van der Waals surface area contributed by atoms with Crippen LogP contribution in [-0.2, 0) is 23.9 Å². The van der Waals surface area contributed by atoms with Gasteiger partial charge in [-0.3, -0.25) is 9.59 Å². The molecule has 0 N–H and O–H groups in total. The first-order chi connectivity index (χ1) is 10.3. The van der Waals surface area contributed by atoms with Crippen LogP contribution in [0.5, 0.6) is 0 Å². The minimum atomic E-state index is -0.990. The number of carbonyl (C=O) groups excluding carboxylic acids is 3. The van der Waals surface area contributed by atoms with E-state index in [1.165, 1.54) is 14.0 Å². The van der Waals surface area contributed by atoms with Crippen LogP contribution in [0.15, 0.2) is 23.3 Å². The third-order valence-electron chi connectivity index (χ3n) is 3.77. The lowest BCUT2D eigenvalue weighted by Gasteiger charge is -2.26. The second-order valence-electron chi connectivity index (χ2n) is 5.42. The molecule has 1 aliphatic carbocycles. The number of ether oxygens (including phenoxy) is 2. The Morgan fingerprint density at radius 1 is 1.41 bits per heavy atom. The Kier molecular flexibility index (Phi) is 5.63. The summed E-state index contributed by atoms with van der Waals surface area (Å²) in [5, 5.41) is 9.20. The van der Waals surface area contributed by atoms with Crippen LogP contribution < -0.4 is 0 Å². The van der Waals surface area contributed by atoms with E-state index >= 15 is 0 Å². The summed E-state index contributed by atoms with van der Waals surface area (Å²) in [6.07, 6.45) is 0.819. The molecule has 0 amide bonds. The average Bonchev–Trinajstić information content (AvgIpc) is 2.74. The summed E-state index contributed by atoms with van der Waals surface area (Å²) in [4.78, 5) is 34.8. The molecule has 0 bridgehead atoms. The predicted octanol–water partition coefficient (Wildman–Crippen LogP) is 1.86. The molecule has 6 heteroatoms. The Hall–Kier alpha value is -2.42. The van der Waals surface area contributed by atoms with Crippen molar-refractivity contribution in [2.24, 2.45) is 5.41 Å². The summed E-state index contributed by atoms with van der Waals surface area (Å²) in [6, 6.07) is 1.83. The van der Waals surface area contributed by atoms with Gasteiger partial charge in [0.05, 0.1) is 12.5 Å². The molecule has 0 aromatic rings. The predicted molar refractivity (Wildman–Crippen MR) is 77.4 cm³/mol. The average molecular weight is 305 g/mol. The lowest BCUT2D eigenvalue weighted by molar-refractivity contribution is -0.140. The van der Waals surface area contributed by atoms with E-state index in [1.54, 1.807) is 6.92 Å². The number of rotatable bonds is 5. The largest absolute Gasteiger partial charge is 0.465 e. The molecule has 0 aromatic heterocycles. The van der Waals surface area contributed by atoms with Gasteiger partial charge in [-0.15, -0.1) is 0 Å². The number of methoxy groups -OCH3 is 1. The van der Waals surface area contributed by atoms with E-state index in [2.05, 4.69) is 11.3 Å². The first-order valence-corrected chi connectivity index (χ1v) is 6.81. The molecule has 22 heavy (non-hydrogen) atoms. The third kappa shape index (κ3) is 3.61. The SMILES string of the molecule is C=C(COC(C)=O)CC1(C)C(=O)CC/C1=C(/C#N)C(=O)OC. The smallest absolute Gasteiger partial charge is 0.348 e. The van der Waals surface area contributed by atoms with Crippen LogP contribution in [0.1, 0.15) is 33.1 Å². The van der Waals surface area contributed by atoms with Crippen LogP contribution >= 0.6 is 0 Å². The number of allylic oxidation sites excluding steroid dienone is 1. The zero-order valence-corrected chi connectivity index (χ0v) is 13.0. The fourth-order valence-electron chi connectivity index (χ4n) is 2.66. The second kappa shape index (κ2) is 7.03. The number of hydrogen-bond donors (Lipinski definition) is 0. The van der Waals surface area contributed by atoms with E-state index in [9.17, 15) is 19.6 Å². The Morgan fingerprint density at radius 2 is 2.05 bits per heavy atom. The van der Waals surface area contributed by atoms with Gasteiger partial charge >= 0.3 is 11.9 Å². The summed E-state index contributed by atoms with van der Waals surface area (Å²) in [6.45, 7) is 6.77. The topological polar surface area (TPSA) is 93.5 Å². The molecule has 1 aliphatic rings. The van der Waals surface area contributed by atoms with Gasteiger partial charge in [-0.05, 0) is 30.9 Å². The van der Waals surface area contributed by atoms with Crippen LogP contribution in [0.25, 0.3) is 0 Å². The van der Waals surface area contributed by atoms with E-state index in [1.807, 2.05) is 6.07 Å². The Morgan fingerprint density at radius 3 is 2.55 bits per heavy atom. The molecular weight excluding hydrogens is 286 g/mol. The number of nitriles is 1. The summed E-state index contributed by atoms with van der Waals surface area (Å²) >= 11 is 0. The Bertz CT molecular complexity index is 596. The van der Waals surface area contributed by atoms with Gasteiger partial charge in [-0.2, -0.15) is 5.26 Å². The minimum absolute atomic E-state index is 0.00555. The molecular formula is C16H19NO5. The van der Waals surface area contributed by atoms with Gasteiger partial charge in [-0.25, -0.2) is 4.79 Å². The van der Waals surface area contributed by atoms with Gasteiger partial charge in [0.1, 0.15) is 24.0 Å². The molecule has 1 unspecified atom stereocenters. The molecule has 1 saturated carbocycles. The monoisotopic (exact) mass is 305 g/mol. The first kappa shape index (κ1) is 17.6. The van der Waals surface area contributed by atoms with Gasteiger partial charge in [0.15, 0.2) is 0 Å². The molecule has 1 fully saturated rings. The Balaban J connectivity index is 3.10. The highest BCUT2D eigenvalue weighted by molar-refractivity contribution is 5.99. The fourth-order valence-corrected chi connectivity index (χ4v) is 2.66. The van der Waals surface area contributed by atoms with Crippen LogP contribution in [0.4, 0.5) is 0 Å². The van der Waals surface area contributed by atoms with Gasteiger partial charge in [-0.1, -0.05) is 6.58 Å². The zero-order valence-electron chi connectivity index (χ0n) is 13.0. The van der Waals surface area contributed by atoms with Gasteiger partial charge in [0.25, 0.3) is 0 Å². The van der Waals surface area contributed by atoms with Crippen LogP contribution in [-0.4, -0.2) is 31.4 Å². The summed E-state index contributed by atoms with van der Waals surface area (Å²) < 4.78 is 9.47. The standard InChI is InChI=1S/C16H19NO5/c1-10(9-22-11(2)18)7-16(3)13(5-6-14(16)19)12(8-17)15(20)21-4/h1,5-7,9H2,2-4H3/b13-12+. The van der Waals surface area contributed by atoms with E-state index in [4.69, 9.17) is 4.74 Å². The maximum Gasteiger partial charge on any atom is 0.348 e. The highest BCUT2D eigenvalue weighted by Gasteiger charge is 2.44. The van der Waals surface area contributed by atoms with Crippen molar-refractivity contribution in [1.82, 2.24) is 0 Å². The second-order valence-corrected chi connectivity index (χ2v) is 5.42. The van der Waals surface area contributed by atoms with Crippen molar-refractivity contribution in [3.63, 3.8) is 0 Å². The van der Waals surface area contributed by atoms with E-state index in [-0.39, 0.29) is 30.8 Å². The van der Waals surface area contributed by atoms with Crippen LogP contribution in [0.3, 0.4) is 0 Å². The van der Waals surface area contributed by atoms with Crippen molar-refractivity contribution in [3.05, 3.63) is 23.3 Å². The molecule has 0 aromatic carbocycles. The molecule has 0 spiro atoms. The summed E-state index contributed by atoms with van der Waals surface area (Å²) in [5.74, 6) is -1.25. The minimum Gasteiger partial charge on any atom is -0.465 e. The third-order valence-corrected chi connectivity index (χ3v) is 3.77. The molecule has 0 heterocycles. The molecule has 6 nitrogen and oxygen atoms in total. The lowest BCUT2D eigenvalue weighted by atomic mass is 9.76. The van der Waals surface area contributed by atoms with E-state index in [0.717, 1.165) is 0 Å². The highest BCUT2D eigenvalue weighted by Crippen LogP contribution is 2.45. The maximum absolute atomic E-state index is 12.3. The quantitative estimate of drug-likeness (QED) is 0.333. The van der Waals surface area contributed by atoms with Crippen molar-refractivity contribution in [1.29, 1.82) is 5.26 Å². The van der Waals surface area contributed by atoms with E-state index < -0.39 is 17.4 Å². The maximum atomic E-state index is 12.3. The van der Waals surface area contributed by atoms with Crippen molar-refractivity contribution in [2.75, 3.05) is 13.7 Å². The summed E-state index contributed by atoms with van der Waals surface area (Å²) in [5.41, 5.74) is -0.101. The lowest BCUT2D eigenvalue weighted by Crippen LogP contribution is -2.27. The molecule has 1 atom stereocenters. The normalized spacial score (nSPS) is 22.7. The van der Waals surface area contributed by atoms with Crippen LogP contribution in [0.2, 0.25) is 0 Å². The number of esters is 2. The van der Waals surface area contributed by atoms with Gasteiger partial charge in [0.2, 0.25) is 0 Å². The van der Waals surface area contributed by atoms with Crippen molar-refractivity contribution >= 4 is 17.7 Å².